The van der Waals surface area contributed by atoms with Gasteiger partial charge in [0.05, 0.1) is 27.9 Å². The Hall–Kier alpha value is -3.17. The standard InChI is InChI=1S/C20H15N3O4S2/c1-27-13-8-9-14-16(10-13)28-20(21-14)22-18(24)11-23-15-6-2-4-12-5-3-7-17(19(12)15)29(23,25)26/h2-10H,11H2,1H3,(H,21,22,24). The van der Waals surface area contributed by atoms with Gasteiger partial charge in [0.25, 0.3) is 10.0 Å². The van der Waals surface area contributed by atoms with Crippen LogP contribution in [0, 0.1) is 0 Å². The minimum Gasteiger partial charge on any atom is -0.497 e. The van der Waals surface area contributed by atoms with E-state index in [1.165, 1.54) is 11.3 Å². The monoisotopic (exact) mass is 425 g/mol. The highest BCUT2D eigenvalue weighted by molar-refractivity contribution is 7.93. The Labute approximate surface area is 170 Å². The summed E-state index contributed by atoms with van der Waals surface area (Å²) < 4.78 is 33.2. The van der Waals surface area contributed by atoms with Crippen molar-refractivity contribution in [2.24, 2.45) is 0 Å². The molecule has 3 aromatic carbocycles. The summed E-state index contributed by atoms with van der Waals surface area (Å²) in [5, 5.41) is 4.60. The number of nitrogens with zero attached hydrogens (tertiary/aromatic N) is 2. The van der Waals surface area contributed by atoms with Crippen molar-refractivity contribution in [1.29, 1.82) is 0 Å². The van der Waals surface area contributed by atoms with E-state index in [-0.39, 0.29) is 11.4 Å². The van der Waals surface area contributed by atoms with E-state index in [0.29, 0.717) is 22.0 Å². The smallest absolute Gasteiger partial charge is 0.265 e. The second-order valence-electron chi connectivity index (χ2n) is 6.54. The average Bonchev–Trinajstić information content (AvgIpc) is 3.20. The number of ether oxygens (including phenoxy) is 1. The second-order valence-corrected chi connectivity index (χ2v) is 9.41. The van der Waals surface area contributed by atoms with E-state index >= 15 is 0 Å². The van der Waals surface area contributed by atoms with Crippen molar-refractivity contribution in [2.45, 2.75) is 4.90 Å². The minimum atomic E-state index is -3.78. The number of anilines is 2. The van der Waals surface area contributed by atoms with Gasteiger partial charge in [0.15, 0.2) is 5.13 Å². The van der Waals surface area contributed by atoms with Gasteiger partial charge < -0.3 is 10.1 Å². The zero-order valence-electron chi connectivity index (χ0n) is 15.2. The van der Waals surface area contributed by atoms with E-state index in [9.17, 15) is 13.2 Å². The van der Waals surface area contributed by atoms with Gasteiger partial charge in [-0.05, 0) is 35.7 Å². The Bertz CT molecular complexity index is 1390. The summed E-state index contributed by atoms with van der Waals surface area (Å²) in [5.74, 6) is 0.248. The summed E-state index contributed by atoms with van der Waals surface area (Å²) in [6.07, 6.45) is 0. The lowest BCUT2D eigenvalue weighted by molar-refractivity contribution is -0.114. The Kier molecular flexibility index (Phi) is 3.97. The lowest BCUT2D eigenvalue weighted by Gasteiger charge is -2.17. The van der Waals surface area contributed by atoms with Crippen LogP contribution in [-0.2, 0) is 14.8 Å². The molecule has 5 rings (SSSR count). The topological polar surface area (TPSA) is 88.6 Å². The van der Waals surface area contributed by atoms with Crippen molar-refractivity contribution in [2.75, 3.05) is 23.3 Å². The highest BCUT2D eigenvalue weighted by Crippen LogP contribution is 2.41. The van der Waals surface area contributed by atoms with Crippen LogP contribution in [0.1, 0.15) is 0 Å². The molecule has 1 aliphatic heterocycles. The minimum absolute atomic E-state index is 0.227. The summed E-state index contributed by atoms with van der Waals surface area (Å²) >= 11 is 1.30. The van der Waals surface area contributed by atoms with Crippen molar-refractivity contribution in [3.8, 4) is 5.75 Å². The molecule has 0 unspecified atom stereocenters. The van der Waals surface area contributed by atoms with E-state index < -0.39 is 15.9 Å². The van der Waals surface area contributed by atoms with E-state index in [1.54, 1.807) is 37.4 Å². The molecule has 1 aromatic heterocycles. The molecule has 0 aliphatic carbocycles. The van der Waals surface area contributed by atoms with Gasteiger partial charge in [-0.25, -0.2) is 13.4 Å². The number of rotatable bonds is 4. The molecule has 0 radical (unpaired) electrons. The summed E-state index contributed by atoms with van der Waals surface area (Å²) in [6.45, 7) is -0.324. The van der Waals surface area contributed by atoms with E-state index in [1.807, 2.05) is 24.3 Å². The normalized spacial score (nSPS) is 14.4. The van der Waals surface area contributed by atoms with Crippen molar-refractivity contribution in [3.05, 3.63) is 54.6 Å². The van der Waals surface area contributed by atoms with Crippen LogP contribution in [0.2, 0.25) is 0 Å². The van der Waals surface area contributed by atoms with Gasteiger partial charge in [0.1, 0.15) is 12.3 Å². The number of hydrogen-bond donors (Lipinski definition) is 1. The number of sulfonamides is 1. The third-order valence-electron chi connectivity index (χ3n) is 4.81. The first-order chi connectivity index (χ1) is 14.0. The van der Waals surface area contributed by atoms with Gasteiger partial charge in [0.2, 0.25) is 5.91 Å². The highest BCUT2D eigenvalue weighted by Gasteiger charge is 2.36. The largest absolute Gasteiger partial charge is 0.497 e. The van der Waals surface area contributed by atoms with Crippen LogP contribution in [0.4, 0.5) is 10.8 Å². The molecule has 1 amide bonds. The highest BCUT2D eigenvalue weighted by atomic mass is 32.2. The van der Waals surface area contributed by atoms with E-state index in [0.717, 1.165) is 19.9 Å². The number of aromatic nitrogens is 1. The number of fused-ring (bicyclic) bond motifs is 1. The maximum Gasteiger partial charge on any atom is 0.265 e. The molecule has 7 nitrogen and oxygen atoms in total. The molecule has 1 N–H and O–H groups in total. The summed E-state index contributed by atoms with van der Waals surface area (Å²) in [4.78, 5) is 17.3. The fourth-order valence-corrected chi connectivity index (χ4v) is 6.08. The summed E-state index contributed by atoms with van der Waals surface area (Å²) in [7, 11) is -2.20. The van der Waals surface area contributed by atoms with Gasteiger partial charge in [-0.2, -0.15) is 0 Å². The summed E-state index contributed by atoms with van der Waals surface area (Å²) in [5.41, 5.74) is 1.25. The van der Waals surface area contributed by atoms with Crippen LogP contribution in [-0.4, -0.2) is 33.0 Å². The zero-order chi connectivity index (χ0) is 20.2. The van der Waals surface area contributed by atoms with Crippen molar-refractivity contribution < 1.29 is 17.9 Å². The van der Waals surface area contributed by atoms with Gasteiger partial charge in [0, 0.05) is 5.39 Å². The van der Waals surface area contributed by atoms with Crippen LogP contribution in [0.3, 0.4) is 0 Å². The molecule has 0 bridgehead atoms. The number of thiazole rings is 1. The molecule has 0 fully saturated rings. The van der Waals surface area contributed by atoms with Crippen LogP contribution < -0.4 is 14.4 Å². The first kappa shape index (κ1) is 17.9. The molecule has 0 spiro atoms. The first-order valence-electron chi connectivity index (χ1n) is 8.76. The number of methoxy groups -OCH3 is 1. The van der Waals surface area contributed by atoms with Crippen LogP contribution in [0.15, 0.2) is 59.5 Å². The molecule has 29 heavy (non-hydrogen) atoms. The van der Waals surface area contributed by atoms with E-state index in [4.69, 9.17) is 4.74 Å². The lowest BCUT2D eigenvalue weighted by atomic mass is 10.1. The molecule has 0 saturated heterocycles. The molecular weight excluding hydrogens is 410 g/mol. The number of carbonyl (C=O) groups excluding carboxylic acids is 1. The Balaban J connectivity index is 1.44. The maximum absolute atomic E-state index is 13.0. The van der Waals surface area contributed by atoms with Gasteiger partial charge in [-0.1, -0.05) is 35.6 Å². The first-order valence-corrected chi connectivity index (χ1v) is 11.0. The predicted octanol–water partition coefficient (Wildman–Crippen LogP) is 3.61. The third kappa shape index (κ3) is 2.81. The van der Waals surface area contributed by atoms with Crippen LogP contribution in [0.5, 0.6) is 5.75 Å². The average molecular weight is 425 g/mol. The molecular formula is C20H15N3O4S2. The number of benzene rings is 3. The molecule has 1 aliphatic rings. The van der Waals surface area contributed by atoms with Crippen LogP contribution >= 0.6 is 11.3 Å². The molecule has 0 saturated carbocycles. The number of nitrogens with one attached hydrogen (secondary N) is 1. The van der Waals surface area contributed by atoms with Gasteiger partial charge in [-0.3, -0.25) is 9.10 Å². The van der Waals surface area contributed by atoms with Crippen molar-refractivity contribution in [3.63, 3.8) is 0 Å². The summed E-state index contributed by atoms with van der Waals surface area (Å²) in [6, 6.07) is 15.9. The molecule has 9 heteroatoms. The molecule has 2 heterocycles. The van der Waals surface area contributed by atoms with E-state index in [2.05, 4.69) is 10.3 Å². The lowest BCUT2D eigenvalue weighted by Crippen LogP contribution is -2.35. The van der Waals surface area contributed by atoms with Crippen molar-refractivity contribution in [1.82, 2.24) is 4.98 Å². The fourth-order valence-electron chi connectivity index (χ4n) is 3.50. The van der Waals surface area contributed by atoms with Gasteiger partial charge in [-0.15, -0.1) is 0 Å². The Morgan fingerprint density at radius 2 is 1.97 bits per heavy atom. The number of hydrogen-bond acceptors (Lipinski definition) is 6. The van der Waals surface area contributed by atoms with Crippen molar-refractivity contribution >= 4 is 59.1 Å². The number of amides is 1. The fraction of sp³-hybridized carbons (Fsp3) is 0.100. The third-order valence-corrected chi connectivity index (χ3v) is 7.55. The molecule has 4 aromatic rings. The van der Waals surface area contributed by atoms with Gasteiger partial charge >= 0.3 is 0 Å². The molecule has 0 atom stereocenters. The predicted molar refractivity (Wildman–Crippen MR) is 113 cm³/mol. The Morgan fingerprint density at radius 3 is 2.76 bits per heavy atom. The maximum atomic E-state index is 13.0. The zero-order valence-corrected chi connectivity index (χ0v) is 16.9. The van der Waals surface area contributed by atoms with Crippen LogP contribution in [0.25, 0.3) is 21.0 Å². The quantitative estimate of drug-likeness (QED) is 0.540. The SMILES string of the molecule is COc1ccc2nc(NC(=O)CN3c4cccc5cccc(c45)S3(=O)=O)sc2c1. The molecule has 146 valence electrons. The second kappa shape index (κ2) is 6.43. The Morgan fingerprint density at radius 1 is 1.17 bits per heavy atom. The number of carbonyl (C=O) groups is 1.